The molecule has 0 aromatic heterocycles. The van der Waals surface area contributed by atoms with Gasteiger partial charge in [-0.1, -0.05) is 13.8 Å². The SMILES string of the molecule is COc1cc(C(=O)N[C@@H](CC(C)C)C(=O)O)ccc1OC(F)F. The monoisotopic (exact) mass is 331 g/mol. The molecule has 6 nitrogen and oxygen atoms in total. The predicted octanol–water partition coefficient (Wildman–Crippen LogP) is 2.53. The molecule has 0 aliphatic heterocycles. The third-order valence-corrected chi connectivity index (χ3v) is 2.95. The fourth-order valence-corrected chi connectivity index (χ4v) is 1.94. The number of carboxylic acid groups (broad SMARTS) is 1. The Morgan fingerprint density at radius 2 is 1.91 bits per heavy atom. The maximum atomic E-state index is 12.3. The van der Waals surface area contributed by atoms with E-state index in [-0.39, 0.29) is 29.4 Å². The molecule has 0 saturated heterocycles. The van der Waals surface area contributed by atoms with E-state index in [2.05, 4.69) is 10.1 Å². The molecular weight excluding hydrogens is 312 g/mol. The lowest BCUT2D eigenvalue weighted by Crippen LogP contribution is -2.41. The second-order valence-electron chi connectivity index (χ2n) is 5.24. The van der Waals surface area contributed by atoms with Crippen LogP contribution in [0.2, 0.25) is 0 Å². The average molecular weight is 331 g/mol. The molecule has 0 bridgehead atoms. The molecule has 1 atom stereocenters. The van der Waals surface area contributed by atoms with Crippen molar-refractivity contribution in [2.45, 2.75) is 32.9 Å². The number of halogens is 2. The van der Waals surface area contributed by atoms with Gasteiger partial charge in [0.25, 0.3) is 5.91 Å². The number of carbonyl (C=O) groups is 2. The minimum Gasteiger partial charge on any atom is -0.493 e. The van der Waals surface area contributed by atoms with Crippen molar-refractivity contribution in [1.29, 1.82) is 0 Å². The molecule has 1 aromatic carbocycles. The summed E-state index contributed by atoms with van der Waals surface area (Å²) in [5, 5.41) is 11.5. The van der Waals surface area contributed by atoms with E-state index in [1.807, 2.05) is 13.8 Å². The van der Waals surface area contributed by atoms with Crippen molar-refractivity contribution in [2.75, 3.05) is 7.11 Å². The summed E-state index contributed by atoms with van der Waals surface area (Å²) in [4.78, 5) is 23.3. The molecule has 0 unspecified atom stereocenters. The Kier molecular flexibility index (Phi) is 6.74. The first kappa shape index (κ1) is 18.7. The number of ether oxygens (including phenoxy) is 2. The first-order valence-electron chi connectivity index (χ1n) is 6.91. The molecule has 8 heteroatoms. The van der Waals surface area contributed by atoms with Crippen LogP contribution < -0.4 is 14.8 Å². The standard InChI is InChI=1S/C15H19F2NO5/c1-8(2)6-10(14(20)21)18-13(19)9-4-5-11(23-15(16)17)12(7-9)22-3/h4-5,7-8,10,15H,6H2,1-3H3,(H,18,19)(H,20,21)/t10-/m0/s1. The molecule has 128 valence electrons. The number of amides is 1. The molecule has 1 rings (SSSR count). The quantitative estimate of drug-likeness (QED) is 0.764. The van der Waals surface area contributed by atoms with E-state index in [9.17, 15) is 18.4 Å². The van der Waals surface area contributed by atoms with Crippen LogP contribution in [0.5, 0.6) is 11.5 Å². The number of aliphatic carboxylic acids is 1. The van der Waals surface area contributed by atoms with Gasteiger partial charge in [-0.25, -0.2) is 4.79 Å². The van der Waals surface area contributed by atoms with Crippen LogP contribution in [0.1, 0.15) is 30.6 Å². The predicted molar refractivity (Wildman–Crippen MR) is 78.0 cm³/mol. The maximum Gasteiger partial charge on any atom is 0.387 e. The zero-order chi connectivity index (χ0) is 17.6. The van der Waals surface area contributed by atoms with E-state index >= 15 is 0 Å². The second kappa shape index (κ2) is 8.30. The van der Waals surface area contributed by atoms with Gasteiger partial charge in [0.15, 0.2) is 11.5 Å². The molecule has 0 aliphatic rings. The van der Waals surface area contributed by atoms with Crippen molar-refractivity contribution in [3.63, 3.8) is 0 Å². The van der Waals surface area contributed by atoms with Crippen molar-refractivity contribution in [3.8, 4) is 11.5 Å². The summed E-state index contributed by atoms with van der Waals surface area (Å²) in [6.45, 7) is 0.648. The summed E-state index contributed by atoms with van der Waals surface area (Å²) in [5.41, 5.74) is 0.0819. The molecule has 2 N–H and O–H groups in total. The normalized spacial score (nSPS) is 12.1. The van der Waals surface area contributed by atoms with Crippen molar-refractivity contribution in [2.24, 2.45) is 5.92 Å². The molecule has 0 saturated carbocycles. The van der Waals surface area contributed by atoms with Gasteiger partial charge < -0.3 is 19.9 Å². The highest BCUT2D eigenvalue weighted by atomic mass is 19.3. The highest BCUT2D eigenvalue weighted by Crippen LogP contribution is 2.29. The largest absolute Gasteiger partial charge is 0.493 e. The summed E-state index contributed by atoms with van der Waals surface area (Å²) < 4.78 is 33.7. The van der Waals surface area contributed by atoms with E-state index in [1.54, 1.807) is 0 Å². The van der Waals surface area contributed by atoms with Crippen LogP contribution in [-0.2, 0) is 4.79 Å². The second-order valence-corrected chi connectivity index (χ2v) is 5.24. The summed E-state index contributed by atoms with van der Waals surface area (Å²) in [7, 11) is 1.24. The molecule has 0 heterocycles. The highest BCUT2D eigenvalue weighted by molar-refractivity contribution is 5.97. The summed E-state index contributed by atoms with van der Waals surface area (Å²) in [6.07, 6.45) is 0.269. The Balaban J connectivity index is 2.92. The number of alkyl halides is 2. The van der Waals surface area contributed by atoms with Gasteiger partial charge in [-0.15, -0.1) is 0 Å². The van der Waals surface area contributed by atoms with E-state index in [0.717, 1.165) is 6.07 Å². The number of nitrogens with one attached hydrogen (secondary N) is 1. The lowest BCUT2D eigenvalue weighted by Gasteiger charge is -2.17. The van der Waals surface area contributed by atoms with Crippen LogP contribution >= 0.6 is 0 Å². The molecule has 0 aliphatic carbocycles. The average Bonchev–Trinajstić information content (AvgIpc) is 2.45. The molecule has 1 aromatic rings. The van der Waals surface area contributed by atoms with E-state index < -0.39 is 24.5 Å². The van der Waals surface area contributed by atoms with Crippen LogP contribution in [-0.4, -0.2) is 36.7 Å². The van der Waals surface area contributed by atoms with Gasteiger partial charge in [0, 0.05) is 5.56 Å². The zero-order valence-electron chi connectivity index (χ0n) is 13.0. The van der Waals surface area contributed by atoms with Crippen LogP contribution in [0.15, 0.2) is 18.2 Å². The summed E-state index contributed by atoms with van der Waals surface area (Å²) in [6, 6.07) is 2.59. The first-order chi connectivity index (χ1) is 10.7. The Hall–Kier alpha value is -2.38. The van der Waals surface area contributed by atoms with E-state index in [1.165, 1.54) is 19.2 Å². The molecule has 0 spiro atoms. The fourth-order valence-electron chi connectivity index (χ4n) is 1.94. The van der Waals surface area contributed by atoms with Crippen molar-refractivity contribution in [1.82, 2.24) is 5.32 Å². The molecule has 0 fully saturated rings. The van der Waals surface area contributed by atoms with Crippen LogP contribution in [0, 0.1) is 5.92 Å². The number of rotatable bonds is 8. The Bertz CT molecular complexity index is 563. The summed E-state index contributed by atoms with van der Waals surface area (Å²) in [5.74, 6) is -1.96. The number of carboxylic acids is 1. The molecule has 1 amide bonds. The number of carbonyl (C=O) groups excluding carboxylic acids is 1. The van der Waals surface area contributed by atoms with E-state index in [0.29, 0.717) is 0 Å². The van der Waals surface area contributed by atoms with Gasteiger partial charge >= 0.3 is 12.6 Å². The highest BCUT2D eigenvalue weighted by Gasteiger charge is 2.22. The Morgan fingerprint density at radius 1 is 1.26 bits per heavy atom. The van der Waals surface area contributed by atoms with Gasteiger partial charge in [-0.05, 0) is 30.5 Å². The molecule has 0 radical (unpaired) electrons. The number of benzene rings is 1. The van der Waals surface area contributed by atoms with Gasteiger partial charge in [0.2, 0.25) is 0 Å². The fraction of sp³-hybridized carbons (Fsp3) is 0.467. The third kappa shape index (κ3) is 5.72. The first-order valence-corrected chi connectivity index (χ1v) is 6.91. The minimum absolute atomic E-state index is 0.0475. The Labute approximate surface area is 132 Å². The van der Waals surface area contributed by atoms with Gasteiger partial charge in [0.05, 0.1) is 7.11 Å². The van der Waals surface area contributed by atoms with Crippen LogP contribution in [0.4, 0.5) is 8.78 Å². The van der Waals surface area contributed by atoms with Crippen molar-refractivity contribution < 1.29 is 33.0 Å². The topological polar surface area (TPSA) is 84.9 Å². The van der Waals surface area contributed by atoms with Crippen LogP contribution in [0.3, 0.4) is 0 Å². The zero-order valence-corrected chi connectivity index (χ0v) is 13.0. The maximum absolute atomic E-state index is 12.3. The van der Waals surface area contributed by atoms with Crippen molar-refractivity contribution >= 4 is 11.9 Å². The number of hydrogen-bond donors (Lipinski definition) is 2. The van der Waals surface area contributed by atoms with Crippen molar-refractivity contribution in [3.05, 3.63) is 23.8 Å². The van der Waals surface area contributed by atoms with E-state index in [4.69, 9.17) is 9.84 Å². The van der Waals surface area contributed by atoms with Crippen LogP contribution in [0.25, 0.3) is 0 Å². The molecular formula is C15H19F2NO5. The lowest BCUT2D eigenvalue weighted by atomic mass is 10.0. The molecule has 23 heavy (non-hydrogen) atoms. The minimum atomic E-state index is -3.02. The lowest BCUT2D eigenvalue weighted by molar-refractivity contribution is -0.139. The van der Waals surface area contributed by atoms with Gasteiger partial charge in [-0.2, -0.15) is 8.78 Å². The number of hydrogen-bond acceptors (Lipinski definition) is 4. The van der Waals surface area contributed by atoms with Gasteiger partial charge in [0.1, 0.15) is 6.04 Å². The number of methoxy groups -OCH3 is 1. The smallest absolute Gasteiger partial charge is 0.387 e. The Morgan fingerprint density at radius 3 is 2.39 bits per heavy atom. The van der Waals surface area contributed by atoms with Gasteiger partial charge in [-0.3, -0.25) is 4.79 Å². The summed E-state index contributed by atoms with van der Waals surface area (Å²) >= 11 is 0. The third-order valence-electron chi connectivity index (χ3n) is 2.95.